The molecule has 0 spiro atoms. The minimum absolute atomic E-state index is 0.0704. The second kappa shape index (κ2) is 10.8. The molecule has 0 aliphatic carbocycles. The lowest BCUT2D eigenvalue weighted by Gasteiger charge is -2.24. The van der Waals surface area contributed by atoms with Gasteiger partial charge in [0.2, 0.25) is 15.9 Å². The van der Waals surface area contributed by atoms with Crippen molar-refractivity contribution in [3.05, 3.63) is 94.5 Å². The van der Waals surface area contributed by atoms with Gasteiger partial charge in [-0.3, -0.25) is 4.79 Å². The molecule has 6 nitrogen and oxygen atoms in total. The number of amides is 1. The van der Waals surface area contributed by atoms with Gasteiger partial charge < -0.3 is 10.1 Å². The Morgan fingerprint density at radius 2 is 1.62 bits per heavy atom. The fourth-order valence-electron chi connectivity index (χ4n) is 3.31. The zero-order chi connectivity index (χ0) is 23.1. The number of para-hydroxylation sites is 1. The molecule has 1 amide bonds. The van der Waals surface area contributed by atoms with E-state index in [1.165, 1.54) is 16.4 Å². The molecule has 0 saturated carbocycles. The van der Waals surface area contributed by atoms with Crippen LogP contribution >= 0.6 is 15.9 Å². The highest BCUT2D eigenvalue weighted by atomic mass is 79.9. The topological polar surface area (TPSA) is 75.7 Å². The quantitative estimate of drug-likeness (QED) is 0.453. The number of sulfonamides is 1. The van der Waals surface area contributed by atoms with Crippen molar-refractivity contribution in [2.45, 2.75) is 24.4 Å². The number of carbonyl (C=O) groups excluding carboxylic acids is 1. The molecule has 0 saturated heterocycles. The van der Waals surface area contributed by atoms with E-state index >= 15 is 0 Å². The Labute approximate surface area is 197 Å². The van der Waals surface area contributed by atoms with Crippen LogP contribution in [0, 0.1) is 0 Å². The van der Waals surface area contributed by atoms with Crippen LogP contribution in [0.4, 0.5) is 0 Å². The predicted molar refractivity (Wildman–Crippen MR) is 128 cm³/mol. The van der Waals surface area contributed by atoms with Crippen LogP contribution in [0.3, 0.4) is 0 Å². The van der Waals surface area contributed by atoms with Crippen LogP contribution in [-0.2, 0) is 21.4 Å². The van der Waals surface area contributed by atoms with Gasteiger partial charge >= 0.3 is 0 Å². The van der Waals surface area contributed by atoms with Gasteiger partial charge in [0, 0.05) is 16.6 Å². The average molecular weight is 517 g/mol. The minimum Gasteiger partial charge on any atom is -0.496 e. The van der Waals surface area contributed by atoms with Crippen LogP contribution in [0.15, 0.2) is 88.2 Å². The minimum atomic E-state index is -3.88. The van der Waals surface area contributed by atoms with Gasteiger partial charge in [0.15, 0.2) is 0 Å². The summed E-state index contributed by atoms with van der Waals surface area (Å²) in [6.07, 6.45) is 0. The lowest BCUT2D eigenvalue weighted by molar-refractivity contribution is -0.122. The first-order chi connectivity index (χ1) is 15.3. The number of methoxy groups -OCH3 is 1. The number of nitrogens with one attached hydrogen (secondary N) is 1. The monoisotopic (exact) mass is 516 g/mol. The molecule has 1 atom stereocenters. The highest BCUT2D eigenvalue weighted by Crippen LogP contribution is 2.25. The Hall–Kier alpha value is -2.68. The van der Waals surface area contributed by atoms with E-state index in [-0.39, 0.29) is 24.0 Å². The van der Waals surface area contributed by atoms with Crippen molar-refractivity contribution >= 4 is 31.9 Å². The van der Waals surface area contributed by atoms with Gasteiger partial charge in [-0.15, -0.1) is 0 Å². The van der Waals surface area contributed by atoms with E-state index in [9.17, 15) is 13.2 Å². The summed E-state index contributed by atoms with van der Waals surface area (Å²) < 4.78 is 34.1. The smallest absolute Gasteiger partial charge is 0.243 e. The van der Waals surface area contributed by atoms with E-state index in [2.05, 4.69) is 21.2 Å². The van der Waals surface area contributed by atoms with E-state index in [1.54, 1.807) is 25.3 Å². The molecule has 3 aromatic rings. The third-order valence-corrected chi connectivity index (χ3v) is 7.29. The molecule has 3 aromatic carbocycles. The normalized spacial score (nSPS) is 12.4. The van der Waals surface area contributed by atoms with Crippen LogP contribution < -0.4 is 10.1 Å². The van der Waals surface area contributed by atoms with Gasteiger partial charge in [-0.1, -0.05) is 64.5 Å². The van der Waals surface area contributed by atoms with E-state index in [0.717, 1.165) is 15.6 Å². The fourth-order valence-corrected chi connectivity index (χ4v) is 4.98. The average Bonchev–Trinajstić information content (AvgIpc) is 2.80. The number of hydrogen-bond acceptors (Lipinski definition) is 4. The number of halogens is 1. The summed E-state index contributed by atoms with van der Waals surface area (Å²) in [5.74, 6) is 0.254. The van der Waals surface area contributed by atoms with Crippen molar-refractivity contribution in [3.8, 4) is 5.75 Å². The van der Waals surface area contributed by atoms with Gasteiger partial charge in [0.05, 0.1) is 24.6 Å². The predicted octanol–water partition coefficient (Wildman–Crippen LogP) is 4.53. The molecular formula is C24H25BrN2O4S. The summed E-state index contributed by atoms with van der Waals surface area (Å²) in [4.78, 5) is 13.0. The second-order valence-corrected chi connectivity index (χ2v) is 10.1. The van der Waals surface area contributed by atoms with Crippen LogP contribution in [-0.4, -0.2) is 32.3 Å². The van der Waals surface area contributed by atoms with Gasteiger partial charge in [0.25, 0.3) is 0 Å². The first-order valence-electron chi connectivity index (χ1n) is 10.0. The Bertz CT molecular complexity index is 1150. The molecule has 0 radical (unpaired) electrons. The summed E-state index contributed by atoms with van der Waals surface area (Å²) in [5, 5.41) is 2.89. The third kappa shape index (κ3) is 5.97. The van der Waals surface area contributed by atoms with Crippen molar-refractivity contribution < 1.29 is 17.9 Å². The summed E-state index contributed by atoms with van der Waals surface area (Å²) in [7, 11) is -2.31. The number of carbonyl (C=O) groups is 1. The summed E-state index contributed by atoms with van der Waals surface area (Å²) in [6.45, 7) is 1.59. The number of benzene rings is 3. The third-order valence-electron chi connectivity index (χ3n) is 4.96. The Balaban J connectivity index is 1.83. The molecular weight excluding hydrogens is 492 g/mol. The maximum absolute atomic E-state index is 13.3. The lowest BCUT2D eigenvalue weighted by Crippen LogP contribution is -2.41. The maximum atomic E-state index is 13.3. The Morgan fingerprint density at radius 1 is 1.00 bits per heavy atom. The Morgan fingerprint density at radius 3 is 2.28 bits per heavy atom. The van der Waals surface area contributed by atoms with Crippen molar-refractivity contribution in [3.63, 3.8) is 0 Å². The van der Waals surface area contributed by atoms with Gasteiger partial charge in [-0.25, -0.2) is 8.42 Å². The molecule has 168 valence electrons. The zero-order valence-electron chi connectivity index (χ0n) is 17.9. The number of ether oxygens (including phenoxy) is 1. The summed E-state index contributed by atoms with van der Waals surface area (Å²) in [5.41, 5.74) is 1.59. The molecule has 0 aliphatic rings. The van der Waals surface area contributed by atoms with E-state index in [0.29, 0.717) is 5.75 Å². The maximum Gasteiger partial charge on any atom is 0.243 e. The first kappa shape index (κ1) is 24.0. The molecule has 0 aliphatic heterocycles. The van der Waals surface area contributed by atoms with Gasteiger partial charge in [-0.2, -0.15) is 4.31 Å². The lowest BCUT2D eigenvalue weighted by atomic mass is 10.1. The van der Waals surface area contributed by atoms with Crippen LogP contribution in [0.1, 0.15) is 24.1 Å². The molecule has 0 fully saturated rings. The second-order valence-electron chi connectivity index (χ2n) is 7.24. The summed E-state index contributed by atoms with van der Waals surface area (Å²) >= 11 is 3.38. The molecule has 8 heteroatoms. The van der Waals surface area contributed by atoms with E-state index < -0.39 is 15.9 Å². The molecule has 3 rings (SSSR count). The molecule has 0 bridgehead atoms. The summed E-state index contributed by atoms with van der Waals surface area (Å²) in [6, 6.07) is 22.5. The van der Waals surface area contributed by atoms with Crippen molar-refractivity contribution in [2.75, 3.05) is 13.7 Å². The van der Waals surface area contributed by atoms with E-state index in [1.807, 2.05) is 55.5 Å². The van der Waals surface area contributed by atoms with Crippen LogP contribution in [0.5, 0.6) is 5.75 Å². The fraction of sp³-hybridized carbons (Fsp3) is 0.208. The largest absolute Gasteiger partial charge is 0.496 e. The molecule has 0 aromatic heterocycles. The van der Waals surface area contributed by atoms with Crippen molar-refractivity contribution in [2.24, 2.45) is 0 Å². The highest BCUT2D eigenvalue weighted by Gasteiger charge is 2.27. The van der Waals surface area contributed by atoms with E-state index in [4.69, 9.17) is 4.74 Å². The molecule has 0 heterocycles. The molecule has 1 N–H and O–H groups in total. The number of rotatable bonds is 9. The zero-order valence-corrected chi connectivity index (χ0v) is 20.3. The highest BCUT2D eigenvalue weighted by molar-refractivity contribution is 9.10. The van der Waals surface area contributed by atoms with Crippen LogP contribution in [0.2, 0.25) is 0 Å². The number of hydrogen-bond donors (Lipinski definition) is 1. The first-order valence-corrected chi connectivity index (χ1v) is 12.3. The van der Waals surface area contributed by atoms with Crippen molar-refractivity contribution in [1.82, 2.24) is 9.62 Å². The van der Waals surface area contributed by atoms with Crippen LogP contribution in [0.25, 0.3) is 0 Å². The van der Waals surface area contributed by atoms with Crippen molar-refractivity contribution in [1.29, 1.82) is 0 Å². The standard InChI is InChI=1S/C24H25BrN2O4S/c1-18(22-10-6-7-11-23(22)31-2)26-24(28)17-27(16-19-12-14-20(25)15-13-19)32(29,30)21-8-4-3-5-9-21/h3-15,18H,16-17H2,1-2H3,(H,26,28). The van der Waals surface area contributed by atoms with Gasteiger partial charge in [0.1, 0.15) is 5.75 Å². The number of nitrogens with zero attached hydrogens (tertiary/aromatic N) is 1. The SMILES string of the molecule is COc1ccccc1C(C)NC(=O)CN(Cc1ccc(Br)cc1)S(=O)(=O)c1ccccc1. The molecule has 1 unspecified atom stereocenters. The Kier molecular flexibility index (Phi) is 8.06. The van der Waals surface area contributed by atoms with Gasteiger partial charge in [-0.05, 0) is 42.8 Å². The molecule has 32 heavy (non-hydrogen) atoms.